The van der Waals surface area contributed by atoms with Gasteiger partial charge in [-0.05, 0) is 32.0 Å². The number of amides is 1. The molecule has 1 aliphatic rings. The number of halogens is 3. The smallest absolute Gasteiger partial charge is 0.342 e. The molecule has 0 unspecified atom stereocenters. The van der Waals surface area contributed by atoms with Gasteiger partial charge in [0.1, 0.15) is 0 Å². The molecule has 20 heavy (non-hydrogen) atoms. The van der Waals surface area contributed by atoms with Gasteiger partial charge in [-0.25, -0.2) is 0 Å². The Morgan fingerprint density at radius 3 is 2.50 bits per heavy atom. The zero-order valence-corrected chi connectivity index (χ0v) is 12.6. The SMILES string of the molecule is Cc1[nH]c(=S)sc1CC(=O)N1CCC(C(F)(F)F)CC1. The number of aromatic nitrogens is 1. The molecule has 2 rings (SSSR count). The summed E-state index contributed by atoms with van der Waals surface area (Å²) in [5, 5.41) is 0. The Kier molecular flexibility index (Phi) is 4.53. The zero-order valence-electron chi connectivity index (χ0n) is 10.9. The number of carbonyl (C=O) groups is 1. The van der Waals surface area contributed by atoms with Crippen molar-refractivity contribution in [2.24, 2.45) is 5.92 Å². The van der Waals surface area contributed by atoms with Gasteiger partial charge in [-0.15, -0.1) is 11.3 Å². The average Bonchev–Trinajstić information content (AvgIpc) is 2.67. The number of alkyl halides is 3. The highest BCUT2D eigenvalue weighted by Crippen LogP contribution is 2.34. The molecule has 0 atom stereocenters. The number of hydrogen-bond acceptors (Lipinski definition) is 3. The van der Waals surface area contributed by atoms with Crippen molar-refractivity contribution in [3.05, 3.63) is 14.5 Å². The highest BCUT2D eigenvalue weighted by atomic mass is 32.1. The summed E-state index contributed by atoms with van der Waals surface area (Å²) in [6, 6.07) is 0. The van der Waals surface area contributed by atoms with Gasteiger partial charge < -0.3 is 9.88 Å². The quantitative estimate of drug-likeness (QED) is 0.846. The van der Waals surface area contributed by atoms with Crippen LogP contribution in [0, 0.1) is 16.8 Å². The molecule has 0 aromatic carbocycles. The van der Waals surface area contributed by atoms with Crippen molar-refractivity contribution in [2.45, 2.75) is 32.4 Å². The van der Waals surface area contributed by atoms with Crippen molar-refractivity contribution in [3.63, 3.8) is 0 Å². The van der Waals surface area contributed by atoms with Gasteiger partial charge in [0, 0.05) is 23.7 Å². The number of nitrogens with one attached hydrogen (secondary N) is 1. The summed E-state index contributed by atoms with van der Waals surface area (Å²) in [6.07, 6.45) is -3.94. The summed E-state index contributed by atoms with van der Waals surface area (Å²) in [4.78, 5) is 17.4. The number of nitrogens with zero attached hydrogens (tertiary/aromatic N) is 1. The number of H-pyrrole nitrogens is 1. The molecule has 1 N–H and O–H groups in total. The normalized spacial score (nSPS) is 17.5. The minimum Gasteiger partial charge on any atom is -0.342 e. The number of thiazole rings is 1. The van der Waals surface area contributed by atoms with Crippen LogP contribution < -0.4 is 0 Å². The van der Waals surface area contributed by atoms with Gasteiger partial charge in [-0.3, -0.25) is 4.79 Å². The van der Waals surface area contributed by atoms with E-state index in [1.54, 1.807) is 0 Å². The van der Waals surface area contributed by atoms with Gasteiger partial charge in [-0.2, -0.15) is 13.2 Å². The highest BCUT2D eigenvalue weighted by molar-refractivity contribution is 7.73. The highest BCUT2D eigenvalue weighted by Gasteiger charge is 2.41. The topological polar surface area (TPSA) is 36.1 Å². The third kappa shape index (κ3) is 3.60. The molecule has 0 bridgehead atoms. The Labute approximate surface area is 123 Å². The van der Waals surface area contributed by atoms with Crippen LogP contribution >= 0.6 is 23.6 Å². The molecule has 8 heteroatoms. The molecule has 0 spiro atoms. The van der Waals surface area contributed by atoms with Gasteiger partial charge in [0.2, 0.25) is 5.91 Å². The minimum atomic E-state index is -4.15. The van der Waals surface area contributed by atoms with E-state index in [-0.39, 0.29) is 38.3 Å². The second-order valence-corrected chi connectivity index (χ2v) is 6.71. The Morgan fingerprint density at radius 1 is 1.45 bits per heavy atom. The number of likely N-dealkylation sites (tertiary alicyclic amines) is 1. The average molecular weight is 324 g/mol. The number of hydrogen-bond donors (Lipinski definition) is 1. The van der Waals surface area contributed by atoms with Crippen molar-refractivity contribution >= 4 is 29.5 Å². The lowest BCUT2D eigenvalue weighted by atomic mass is 9.96. The third-order valence-corrected chi connectivity index (χ3v) is 4.88. The summed E-state index contributed by atoms with van der Waals surface area (Å²) in [5.41, 5.74) is 0.860. The zero-order chi connectivity index (χ0) is 14.9. The molecule has 1 fully saturated rings. The van der Waals surface area contributed by atoms with Crippen LogP contribution in [0.4, 0.5) is 13.2 Å². The first-order chi connectivity index (χ1) is 9.27. The molecule has 0 radical (unpaired) electrons. The Morgan fingerprint density at radius 2 is 2.05 bits per heavy atom. The summed E-state index contributed by atoms with van der Waals surface area (Å²) < 4.78 is 38.3. The molecule has 0 aliphatic carbocycles. The van der Waals surface area contributed by atoms with E-state index in [1.165, 1.54) is 16.2 Å². The van der Waals surface area contributed by atoms with Crippen LogP contribution in [0.1, 0.15) is 23.4 Å². The molecule has 1 aromatic rings. The molecule has 2 heterocycles. The molecule has 1 amide bonds. The number of aryl methyl sites for hydroxylation is 1. The summed E-state index contributed by atoms with van der Waals surface area (Å²) >= 11 is 6.34. The summed E-state index contributed by atoms with van der Waals surface area (Å²) in [7, 11) is 0. The van der Waals surface area contributed by atoms with Crippen LogP contribution in [0.5, 0.6) is 0 Å². The third-order valence-electron chi connectivity index (χ3n) is 3.55. The van der Waals surface area contributed by atoms with Crippen LogP contribution in [0.15, 0.2) is 0 Å². The number of piperidine rings is 1. The first kappa shape index (κ1) is 15.5. The maximum absolute atomic E-state index is 12.6. The van der Waals surface area contributed by atoms with Crippen LogP contribution in [-0.4, -0.2) is 35.1 Å². The fourth-order valence-corrected chi connectivity index (χ4v) is 3.59. The maximum atomic E-state index is 12.6. The van der Waals surface area contributed by atoms with E-state index < -0.39 is 12.1 Å². The monoisotopic (exact) mass is 324 g/mol. The number of rotatable bonds is 2. The molecule has 0 saturated carbocycles. The van der Waals surface area contributed by atoms with Crippen molar-refractivity contribution < 1.29 is 18.0 Å². The van der Waals surface area contributed by atoms with Crippen LogP contribution in [0.3, 0.4) is 0 Å². The number of carbonyl (C=O) groups excluding carboxylic acids is 1. The van der Waals surface area contributed by atoms with E-state index in [2.05, 4.69) is 4.98 Å². The molecule has 1 aliphatic heterocycles. The Bertz CT molecular complexity index is 542. The second kappa shape index (κ2) is 5.85. The second-order valence-electron chi connectivity index (χ2n) is 4.94. The van der Waals surface area contributed by atoms with Crippen molar-refractivity contribution in [1.82, 2.24) is 9.88 Å². The Balaban J connectivity index is 1.92. The van der Waals surface area contributed by atoms with E-state index in [0.717, 1.165) is 10.6 Å². The summed E-state index contributed by atoms with van der Waals surface area (Å²) in [5.74, 6) is -1.40. The molecular weight excluding hydrogens is 309 g/mol. The Hall–Kier alpha value is -0.890. The van der Waals surface area contributed by atoms with Crippen molar-refractivity contribution in [3.8, 4) is 0 Å². The molecule has 112 valence electrons. The lowest BCUT2D eigenvalue weighted by molar-refractivity contribution is -0.186. The minimum absolute atomic E-state index is 0.00290. The van der Waals surface area contributed by atoms with E-state index in [4.69, 9.17) is 12.2 Å². The van der Waals surface area contributed by atoms with Gasteiger partial charge >= 0.3 is 6.18 Å². The van der Waals surface area contributed by atoms with E-state index in [0.29, 0.717) is 3.95 Å². The predicted octanol–water partition coefficient (Wildman–Crippen LogP) is 3.46. The fourth-order valence-electron chi connectivity index (χ4n) is 2.31. The molecule has 1 aromatic heterocycles. The first-order valence-corrected chi connectivity index (χ1v) is 7.53. The molecular formula is C12H15F3N2OS2. The standard InChI is InChI=1S/C12H15F3N2OS2/c1-7-9(20-11(19)16-7)6-10(18)17-4-2-8(3-5-17)12(13,14)15/h8H,2-6H2,1H3,(H,16,19). The van der Waals surface area contributed by atoms with Crippen molar-refractivity contribution in [1.29, 1.82) is 0 Å². The first-order valence-electron chi connectivity index (χ1n) is 6.30. The van der Waals surface area contributed by atoms with E-state index in [1.807, 2.05) is 6.92 Å². The molecule has 3 nitrogen and oxygen atoms in total. The largest absolute Gasteiger partial charge is 0.391 e. The van der Waals surface area contributed by atoms with E-state index >= 15 is 0 Å². The summed E-state index contributed by atoms with van der Waals surface area (Å²) in [6.45, 7) is 2.19. The number of aromatic amines is 1. The van der Waals surface area contributed by atoms with Gasteiger partial charge in [0.15, 0.2) is 3.95 Å². The lowest BCUT2D eigenvalue weighted by Gasteiger charge is -2.32. The van der Waals surface area contributed by atoms with Crippen LogP contribution in [0.25, 0.3) is 0 Å². The van der Waals surface area contributed by atoms with Crippen molar-refractivity contribution in [2.75, 3.05) is 13.1 Å². The molecule has 1 saturated heterocycles. The van der Waals surface area contributed by atoms with Gasteiger partial charge in [-0.1, -0.05) is 0 Å². The maximum Gasteiger partial charge on any atom is 0.391 e. The predicted molar refractivity (Wildman–Crippen MR) is 73.3 cm³/mol. The van der Waals surface area contributed by atoms with Crippen LogP contribution in [0.2, 0.25) is 0 Å². The lowest BCUT2D eigenvalue weighted by Crippen LogP contribution is -2.42. The van der Waals surface area contributed by atoms with Gasteiger partial charge in [0.25, 0.3) is 0 Å². The van der Waals surface area contributed by atoms with Crippen LogP contribution in [-0.2, 0) is 11.2 Å². The van der Waals surface area contributed by atoms with E-state index in [9.17, 15) is 18.0 Å². The fraction of sp³-hybridized carbons (Fsp3) is 0.667. The van der Waals surface area contributed by atoms with Gasteiger partial charge in [0.05, 0.1) is 12.3 Å².